The molecule has 7 nitrogen and oxygen atoms in total. The molecule has 4 rings (SSSR count). The topological polar surface area (TPSA) is 79.0 Å². The summed E-state index contributed by atoms with van der Waals surface area (Å²) in [5.74, 6) is -0.259. The highest BCUT2D eigenvalue weighted by molar-refractivity contribution is 7.89. The van der Waals surface area contributed by atoms with Crippen molar-refractivity contribution in [3.8, 4) is 0 Å². The molecule has 3 aromatic rings. The summed E-state index contributed by atoms with van der Waals surface area (Å²) in [6, 6.07) is 22.0. The fourth-order valence-corrected chi connectivity index (χ4v) is 4.67. The minimum absolute atomic E-state index is 0.0762. The lowest BCUT2D eigenvalue weighted by Gasteiger charge is -2.30. The molecular formula is C24H25N3O4S. The fourth-order valence-electron chi connectivity index (χ4n) is 3.70. The highest BCUT2D eigenvalue weighted by Crippen LogP contribution is 2.25. The molecule has 3 aromatic carbocycles. The molecule has 0 radical (unpaired) electrons. The first-order valence-electron chi connectivity index (χ1n) is 10.2. The lowest BCUT2D eigenvalue weighted by atomic mass is 9.99. The van der Waals surface area contributed by atoms with Gasteiger partial charge in [0.05, 0.1) is 12.0 Å². The van der Waals surface area contributed by atoms with E-state index < -0.39 is 10.0 Å². The number of nitrogens with zero attached hydrogens (tertiary/aromatic N) is 2. The van der Waals surface area contributed by atoms with Gasteiger partial charge in [-0.15, -0.1) is 0 Å². The van der Waals surface area contributed by atoms with E-state index in [0.29, 0.717) is 11.3 Å². The van der Waals surface area contributed by atoms with Gasteiger partial charge in [0.2, 0.25) is 0 Å². The normalized spacial score (nSPS) is 13.7. The van der Waals surface area contributed by atoms with E-state index >= 15 is 0 Å². The zero-order valence-electron chi connectivity index (χ0n) is 18.0. The molecule has 1 N–H and O–H groups in total. The van der Waals surface area contributed by atoms with E-state index in [9.17, 15) is 13.2 Å². The maximum Gasteiger partial charge on any atom is 0.264 e. The van der Waals surface area contributed by atoms with E-state index in [1.807, 2.05) is 12.1 Å². The third-order valence-electron chi connectivity index (χ3n) is 5.63. The van der Waals surface area contributed by atoms with E-state index in [4.69, 9.17) is 4.84 Å². The van der Waals surface area contributed by atoms with Gasteiger partial charge in [0.15, 0.2) is 0 Å². The minimum atomic E-state index is -3.73. The van der Waals surface area contributed by atoms with Gasteiger partial charge in [0.25, 0.3) is 15.9 Å². The predicted molar refractivity (Wildman–Crippen MR) is 124 cm³/mol. The van der Waals surface area contributed by atoms with Crippen LogP contribution in [0.4, 0.5) is 11.4 Å². The maximum absolute atomic E-state index is 12.6. The Morgan fingerprint density at radius 3 is 2.28 bits per heavy atom. The lowest BCUT2D eigenvalue weighted by molar-refractivity contribution is -0.0258. The van der Waals surface area contributed by atoms with Crippen LogP contribution in [0, 0.1) is 0 Å². The molecule has 0 fully saturated rings. The Morgan fingerprint density at radius 2 is 1.62 bits per heavy atom. The second-order valence-electron chi connectivity index (χ2n) is 7.56. The average molecular weight is 452 g/mol. The third-order valence-corrected chi connectivity index (χ3v) is 7.32. The Labute approximate surface area is 188 Å². The standard InChI is InChI=1S/C24H25N3O4S/c1-26(31-2)32(29,30)23-13-9-21(10-14-23)25-24(28)19-7-11-22(12-8-19)27-16-15-18-5-3-4-6-20(18)17-27/h3-14H,15-17H2,1-2H3,(H,25,28). The van der Waals surface area contributed by atoms with Gasteiger partial charge in [-0.25, -0.2) is 8.42 Å². The number of fused-ring (bicyclic) bond motifs is 1. The van der Waals surface area contributed by atoms with Crippen LogP contribution in [0.25, 0.3) is 0 Å². The van der Waals surface area contributed by atoms with Crippen LogP contribution in [0.5, 0.6) is 0 Å². The third kappa shape index (κ3) is 4.52. The van der Waals surface area contributed by atoms with Crippen LogP contribution in [0.3, 0.4) is 0 Å². The maximum atomic E-state index is 12.6. The van der Waals surface area contributed by atoms with Crippen molar-refractivity contribution in [1.82, 2.24) is 4.47 Å². The van der Waals surface area contributed by atoms with Crippen LogP contribution in [0.15, 0.2) is 77.7 Å². The van der Waals surface area contributed by atoms with Crippen LogP contribution in [-0.2, 0) is 27.8 Å². The van der Waals surface area contributed by atoms with Crippen molar-refractivity contribution < 1.29 is 18.0 Å². The van der Waals surface area contributed by atoms with Gasteiger partial charge in [-0.2, -0.15) is 0 Å². The zero-order chi connectivity index (χ0) is 22.7. The minimum Gasteiger partial charge on any atom is -0.367 e. The number of hydrogen-bond donors (Lipinski definition) is 1. The SMILES string of the molecule is CON(C)S(=O)(=O)c1ccc(NC(=O)c2ccc(N3CCc4ccccc4C3)cc2)cc1. The quantitative estimate of drug-likeness (QED) is 0.579. The van der Waals surface area contributed by atoms with Gasteiger partial charge in [-0.1, -0.05) is 28.7 Å². The molecule has 166 valence electrons. The van der Waals surface area contributed by atoms with E-state index in [0.717, 1.165) is 29.7 Å². The number of sulfonamides is 1. The molecule has 8 heteroatoms. The Bertz CT molecular complexity index is 1210. The summed E-state index contributed by atoms with van der Waals surface area (Å²) >= 11 is 0. The van der Waals surface area contributed by atoms with E-state index in [1.54, 1.807) is 24.3 Å². The number of benzene rings is 3. The number of hydroxylamine groups is 1. The van der Waals surface area contributed by atoms with E-state index in [2.05, 4.69) is 34.5 Å². The molecule has 0 unspecified atom stereocenters. The van der Waals surface area contributed by atoms with Crippen molar-refractivity contribution in [2.24, 2.45) is 0 Å². The summed E-state index contributed by atoms with van der Waals surface area (Å²) in [5.41, 5.74) is 4.84. The van der Waals surface area contributed by atoms with Crippen LogP contribution < -0.4 is 10.2 Å². The first-order chi connectivity index (χ1) is 15.4. The second kappa shape index (κ2) is 9.12. The number of anilines is 2. The monoisotopic (exact) mass is 451 g/mol. The molecule has 0 spiro atoms. The molecule has 1 amide bonds. The predicted octanol–water partition coefficient (Wildman–Crippen LogP) is 3.68. The van der Waals surface area contributed by atoms with Crippen molar-refractivity contribution in [1.29, 1.82) is 0 Å². The van der Waals surface area contributed by atoms with Crippen molar-refractivity contribution in [2.45, 2.75) is 17.9 Å². The van der Waals surface area contributed by atoms with Crippen molar-refractivity contribution >= 4 is 27.3 Å². The van der Waals surface area contributed by atoms with Crippen molar-refractivity contribution in [3.05, 3.63) is 89.5 Å². The molecule has 0 atom stereocenters. The van der Waals surface area contributed by atoms with Gasteiger partial charge < -0.3 is 10.2 Å². The molecule has 0 aromatic heterocycles. The lowest BCUT2D eigenvalue weighted by Crippen LogP contribution is -2.30. The van der Waals surface area contributed by atoms with Gasteiger partial charge >= 0.3 is 0 Å². The molecule has 0 saturated carbocycles. The summed E-state index contributed by atoms with van der Waals surface area (Å²) in [4.78, 5) is 19.8. The van der Waals surface area contributed by atoms with Crippen LogP contribution in [0.1, 0.15) is 21.5 Å². The number of amides is 1. The number of carbonyl (C=O) groups is 1. The summed E-state index contributed by atoms with van der Waals surface area (Å²) in [6.45, 7) is 1.80. The molecule has 0 aliphatic carbocycles. The Morgan fingerprint density at radius 1 is 0.969 bits per heavy atom. The first-order valence-corrected chi connectivity index (χ1v) is 11.7. The summed E-state index contributed by atoms with van der Waals surface area (Å²) in [5, 5.41) is 2.80. The van der Waals surface area contributed by atoms with Crippen molar-refractivity contribution in [3.63, 3.8) is 0 Å². The molecule has 32 heavy (non-hydrogen) atoms. The van der Waals surface area contributed by atoms with Gasteiger partial charge in [0, 0.05) is 37.1 Å². The molecule has 1 heterocycles. The Balaban J connectivity index is 1.41. The molecule has 1 aliphatic heterocycles. The van der Waals surface area contributed by atoms with Gasteiger partial charge in [-0.3, -0.25) is 9.63 Å². The number of nitrogens with one attached hydrogen (secondary N) is 1. The van der Waals surface area contributed by atoms with E-state index in [1.165, 1.54) is 37.4 Å². The fraction of sp³-hybridized carbons (Fsp3) is 0.208. The molecule has 1 aliphatic rings. The summed E-state index contributed by atoms with van der Waals surface area (Å²) in [7, 11) is -1.13. The second-order valence-corrected chi connectivity index (χ2v) is 9.50. The molecule has 0 bridgehead atoms. The zero-order valence-corrected chi connectivity index (χ0v) is 18.8. The van der Waals surface area contributed by atoms with Gasteiger partial charge in [-0.05, 0) is 66.1 Å². The largest absolute Gasteiger partial charge is 0.367 e. The van der Waals surface area contributed by atoms with Crippen molar-refractivity contribution in [2.75, 3.05) is 30.9 Å². The number of rotatable bonds is 6. The number of hydrogen-bond acceptors (Lipinski definition) is 5. The molecular weight excluding hydrogens is 426 g/mol. The van der Waals surface area contributed by atoms with Crippen LogP contribution in [-0.4, -0.2) is 39.5 Å². The Kier molecular flexibility index (Phi) is 6.27. The molecule has 0 saturated heterocycles. The highest BCUT2D eigenvalue weighted by Gasteiger charge is 2.21. The Hall–Kier alpha value is -3.20. The van der Waals surface area contributed by atoms with E-state index in [-0.39, 0.29) is 10.8 Å². The number of carbonyl (C=O) groups excluding carboxylic acids is 1. The summed E-state index contributed by atoms with van der Waals surface area (Å²) in [6.07, 6.45) is 1.00. The van der Waals surface area contributed by atoms with Crippen LogP contribution in [0.2, 0.25) is 0 Å². The van der Waals surface area contributed by atoms with Gasteiger partial charge in [0.1, 0.15) is 0 Å². The summed E-state index contributed by atoms with van der Waals surface area (Å²) < 4.78 is 25.3. The smallest absolute Gasteiger partial charge is 0.264 e. The average Bonchev–Trinajstić information content (AvgIpc) is 2.83. The first kappa shape index (κ1) is 22.0. The van der Waals surface area contributed by atoms with Crippen LogP contribution >= 0.6 is 0 Å². The highest BCUT2D eigenvalue weighted by atomic mass is 32.2.